The first kappa shape index (κ1) is 12.3. The summed E-state index contributed by atoms with van der Waals surface area (Å²) in [4.78, 5) is 14.6. The molecule has 0 bridgehead atoms. The summed E-state index contributed by atoms with van der Waals surface area (Å²) < 4.78 is 5.21. The molecule has 0 aliphatic carbocycles. The SMILES string of the molecule is NC(CCC(=O)O)c1cccc(-c2ncco2)c1. The highest BCUT2D eigenvalue weighted by Crippen LogP contribution is 2.22. The largest absolute Gasteiger partial charge is 0.481 e. The third-order valence-electron chi connectivity index (χ3n) is 2.66. The van der Waals surface area contributed by atoms with Crippen LogP contribution in [0.15, 0.2) is 41.1 Å². The van der Waals surface area contributed by atoms with Crippen LogP contribution in [0.3, 0.4) is 0 Å². The number of oxazole rings is 1. The van der Waals surface area contributed by atoms with Gasteiger partial charge in [-0.3, -0.25) is 4.79 Å². The lowest BCUT2D eigenvalue weighted by Gasteiger charge is -2.11. The van der Waals surface area contributed by atoms with E-state index in [2.05, 4.69) is 4.98 Å². The van der Waals surface area contributed by atoms with E-state index in [1.54, 1.807) is 6.20 Å². The molecule has 0 aliphatic heterocycles. The van der Waals surface area contributed by atoms with Crippen molar-refractivity contribution in [2.75, 3.05) is 0 Å². The lowest BCUT2D eigenvalue weighted by atomic mass is 10.0. The van der Waals surface area contributed by atoms with E-state index < -0.39 is 5.97 Å². The van der Waals surface area contributed by atoms with Crippen molar-refractivity contribution in [3.05, 3.63) is 42.3 Å². The molecule has 1 aromatic carbocycles. The summed E-state index contributed by atoms with van der Waals surface area (Å²) in [6.07, 6.45) is 3.55. The van der Waals surface area contributed by atoms with Gasteiger partial charge in [0.25, 0.3) is 0 Å². The third kappa shape index (κ3) is 2.95. The van der Waals surface area contributed by atoms with Gasteiger partial charge in [-0.2, -0.15) is 0 Å². The van der Waals surface area contributed by atoms with Gasteiger partial charge < -0.3 is 15.3 Å². The lowest BCUT2D eigenvalue weighted by Crippen LogP contribution is -2.12. The topological polar surface area (TPSA) is 89.4 Å². The average Bonchev–Trinajstić information content (AvgIpc) is 2.90. The van der Waals surface area contributed by atoms with E-state index in [0.717, 1.165) is 11.1 Å². The fourth-order valence-corrected chi connectivity index (χ4v) is 1.71. The van der Waals surface area contributed by atoms with Crippen molar-refractivity contribution in [1.82, 2.24) is 4.98 Å². The van der Waals surface area contributed by atoms with Crippen LogP contribution in [0, 0.1) is 0 Å². The minimum Gasteiger partial charge on any atom is -0.481 e. The van der Waals surface area contributed by atoms with Crippen molar-refractivity contribution in [2.24, 2.45) is 5.73 Å². The Hall–Kier alpha value is -2.14. The van der Waals surface area contributed by atoms with Gasteiger partial charge in [-0.15, -0.1) is 0 Å². The number of carboxylic acid groups (broad SMARTS) is 1. The van der Waals surface area contributed by atoms with Crippen molar-refractivity contribution >= 4 is 5.97 Å². The zero-order valence-corrected chi connectivity index (χ0v) is 9.74. The number of hydrogen-bond acceptors (Lipinski definition) is 4. The molecule has 0 fully saturated rings. The number of rotatable bonds is 5. The molecule has 0 saturated carbocycles. The van der Waals surface area contributed by atoms with Crippen molar-refractivity contribution < 1.29 is 14.3 Å². The summed E-state index contributed by atoms with van der Waals surface area (Å²) in [5, 5.41) is 8.63. The third-order valence-corrected chi connectivity index (χ3v) is 2.66. The maximum Gasteiger partial charge on any atom is 0.303 e. The molecule has 5 nitrogen and oxygen atoms in total. The number of aliphatic carboxylic acids is 1. The quantitative estimate of drug-likeness (QED) is 0.844. The highest BCUT2D eigenvalue weighted by molar-refractivity contribution is 5.66. The van der Waals surface area contributed by atoms with E-state index in [-0.39, 0.29) is 12.5 Å². The molecule has 18 heavy (non-hydrogen) atoms. The maximum absolute atomic E-state index is 10.5. The lowest BCUT2D eigenvalue weighted by molar-refractivity contribution is -0.137. The Balaban J connectivity index is 2.14. The van der Waals surface area contributed by atoms with Crippen LogP contribution in [0.25, 0.3) is 11.5 Å². The van der Waals surface area contributed by atoms with Gasteiger partial charge in [-0.25, -0.2) is 4.98 Å². The van der Waals surface area contributed by atoms with Gasteiger partial charge in [-0.05, 0) is 24.1 Å². The molecule has 0 spiro atoms. The molecule has 1 heterocycles. The number of benzene rings is 1. The van der Waals surface area contributed by atoms with Crippen molar-refractivity contribution in [1.29, 1.82) is 0 Å². The second kappa shape index (κ2) is 5.46. The second-order valence-corrected chi connectivity index (χ2v) is 4.00. The minimum atomic E-state index is -0.839. The molecule has 1 atom stereocenters. The van der Waals surface area contributed by atoms with Gasteiger partial charge in [-0.1, -0.05) is 12.1 Å². The van der Waals surface area contributed by atoms with Gasteiger partial charge >= 0.3 is 5.97 Å². The Morgan fingerprint density at radius 1 is 1.50 bits per heavy atom. The molecule has 94 valence electrons. The average molecular weight is 246 g/mol. The van der Waals surface area contributed by atoms with Crippen LogP contribution in [0.4, 0.5) is 0 Å². The van der Waals surface area contributed by atoms with E-state index >= 15 is 0 Å². The van der Waals surface area contributed by atoms with Crippen molar-refractivity contribution in [3.8, 4) is 11.5 Å². The second-order valence-electron chi connectivity index (χ2n) is 4.00. The highest BCUT2D eigenvalue weighted by atomic mass is 16.4. The molecule has 3 N–H and O–H groups in total. The zero-order chi connectivity index (χ0) is 13.0. The normalized spacial score (nSPS) is 12.3. The first-order valence-corrected chi connectivity index (χ1v) is 5.64. The van der Waals surface area contributed by atoms with Gasteiger partial charge in [0.1, 0.15) is 6.26 Å². The number of nitrogens with two attached hydrogens (primary N) is 1. The number of hydrogen-bond donors (Lipinski definition) is 2. The summed E-state index contributed by atoms with van der Waals surface area (Å²) in [6.45, 7) is 0. The Kier molecular flexibility index (Phi) is 3.74. The monoisotopic (exact) mass is 246 g/mol. The van der Waals surface area contributed by atoms with Crippen LogP contribution in [-0.4, -0.2) is 16.1 Å². The molecular weight excluding hydrogens is 232 g/mol. The number of nitrogens with zero attached hydrogens (tertiary/aromatic N) is 1. The molecule has 1 aromatic heterocycles. The van der Waals surface area contributed by atoms with E-state index in [9.17, 15) is 4.79 Å². The van der Waals surface area contributed by atoms with Gasteiger partial charge in [0.2, 0.25) is 5.89 Å². The Labute approximate surface area is 104 Å². The maximum atomic E-state index is 10.5. The number of carbonyl (C=O) groups is 1. The summed E-state index contributed by atoms with van der Waals surface area (Å²) in [5.41, 5.74) is 7.67. The Bertz CT molecular complexity index is 523. The first-order valence-electron chi connectivity index (χ1n) is 5.64. The van der Waals surface area contributed by atoms with Crippen LogP contribution in [0.1, 0.15) is 24.4 Å². The fraction of sp³-hybridized carbons (Fsp3) is 0.231. The minimum absolute atomic E-state index is 0.0599. The Morgan fingerprint density at radius 3 is 3.00 bits per heavy atom. The van der Waals surface area contributed by atoms with E-state index in [1.807, 2.05) is 24.3 Å². The molecule has 2 aromatic rings. The van der Waals surface area contributed by atoms with Gasteiger partial charge in [0.05, 0.1) is 6.20 Å². The summed E-state index contributed by atoms with van der Waals surface area (Å²) >= 11 is 0. The van der Waals surface area contributed by atoms with Crippen molar-refractivity contribution in [2.45, 2.75) is 18.9 Å². The fourth-order valence-electron chi connectivity index (χ4n) is 1.71. The predicted molar refractivity (Wildman–Crippen MR) is 65.7 cm³/mol. The van der Waals surface area contributed by atoms with Crippen LogP contribution < -0.4 is 5.73 Å². The van der Waals surface area contributed by atoms with Crippen molar-refractivity contribution in [3.63, 3.8) is 0 Å². The number of aromatic nitrogens is 1. The molecular formula is C13H14N2O3. The van der Waals surface area contributed by atoms with E-state index in [4.69, 9.17) is 15.3 Å². The van der Waals surface area contributed by atoms with Crippen LogP contribution in [0.2, 0.25) is 0 Å². The van der Waals surface area contributed by atoms with E-state index in [1.165, 1.54) is 6.26 Å². The van der Waals surface area contributed by atoms with Gasteiger partial charge in [0, 0.05) is 18.0 Å². The standard InChI is InChI=1S/C13H14N2O3/c14-11(4-5-12(16)17)9-2-1-3-10(8-9)13-15-6-7-18-13/h1-3,6-8,11H,4-5,14H2,(H,16,17). The van der Waals surface area contributed by atoms with Crippen LogP contribution in [-0.2, 0) is 4.79 Å². The molecule has 5 heteroatoms. The first-order chi connectivity index (χ1) is 8.66. The summed E-state index contributed by atoms with van der Waals surface area (Å²) in [7, 11) is 0. The molecule has 0 saturated heterocycles. The van der Waals surface area contributed by atoms with Gasteiger partial charge in [0.15, 0.2) is 0 Å². The highest BCUT2D eigenvalue weighted by Gasteiger charge is 2.10. The molecule has 1 unspecified atom stereocenters. The molecule has 2 rings (SSSR count). The molecule has 0 radical (unpaired) electrons. The predicted octanol–water partition coefficient (Wildman–Crippen LogP) is 2.21. The molecule has 0 aliphatic rings. The summed E-state index contributed by atoms with van der Waals surface area (Å²) in [6, 6.07) is 7.18. The zero-order valence-electron chi connectivity index (χ0n) is 9.74. The smallest absolute Gasteiger partial charge is 0.303 e. The molecule has 0 amide bonds. The summed E-state index contributed by atoms with van der Waals surface area (Å²) in [5.74, 6) is -0.309. The van der Waals surface area contributed by atoms with Crippen LogP contribution in [0.5, 0.6) is 0 Å². The number of carboxylic acids is 1. The Morgan fingerprint density at radius 2 is 2.33 bits per heavy atom. The van der Waals surface area contributed by atoms with Crippen LogP contribution >= 0.6 is 0 Å². The van der Waals surface area contributed by atoms with E-state index in [0.29, 0.717) is 12.3 Å².